The number of hydrogen-bond donors (Lipinski definition) is 1. The molecule has 5 heteroatoms. The van der Waals surface area contributed by atoms with E-state index in [2.05, 4.69) is 5.32 Å². The summed E-state index contributed by atoms with van der Waals surface area (Å²) in [7, 11) is 1.60. The second-order valence-corrected chi connectivity index (χ2v) is 7.63. The molecule has 0 saturated carbocycles. The summed E-state index contributed by atoms with van der Waals surface area (Å²) in [6, 6.07) is 25.9. The molecule has 31 heavy (non-hydrogen) atoms. The van der Waals surface area contributed by atoms with Crippen molar-refractivity contribution in [3.05, 3.63) is 108 Å². The molecule has 0 spiro atoms. The van der Waals surface area contributed by atoms with Crippen LogP contribution in [0.15, 0.2) is 97.2 Å². The van der Waals surface area contributed by atoms with Gasteiger partial charge < -0.3 is 10.1 Å². The largest absolute Gasteiger partial charge is 0.497 e. The fraction of sp³-hybridized carbons (Fsp3) is 0.154. The Morgan fingerprint density at radius 3 is 2.16 bits per heavy atom. The van der Waals surface area contributed by atoms with E-state index in [1.807, 2.05) is 54.6 Å². The number of carbonyl (C=O) groups is 2. The van der Waals surface area contributed by atoms with Gasteiger partial charge in [0.15, 0.2) is 0 Å². The molecule has 1 N–H and O–H groups in total. The Bertz CT molecular complexity index is 1090. The predicted molar refractivity (Wildman–Crippen MR) is 121 cm³/mol. The summed E-state index contributed by atoms with van der Waals surface area (Å²) in [5.74, 6) is -0.108. The molecule has 5 nitrogen and oxygen atoms in total. The third-order valence-electron chi connectivity index (χ3n) is 5.63. The molecule has 0 aromatic heterocycles. The first-order chi connectivity index (χ1) is 15.0. The van der Waals surface area contributed by atoms with Gasteiger partial charge >= 0.3 is 0 Å². The third kappa shape index (κ3) is 3.94. The maximum Gasteiger partial charge on any atom is 0.257 e. The van der Waals surface area contributed by atoms with Gasteiger partial charge in [-0.3, -0.25) is 14.5 Å². The van der Waals surface area contributed by atoms with Crippen molar-refractivity contribution in [1.29, 1.82) is 0 Å². The first kappa shape index (κ1) is 20.4. The first-order valence-corrected chi connectivity index (χ1v) is 10.1. The van der Waals surface area contributed by atoms with Gasteiger partial charge in [-0.1, -0.05) is 54.6 Å². The van der Waals surface area contributed by atoms with E-state index in [4.69, 9.17) is 4.74 Å². The Balaban J connectivity index is 1.74. The van der Waals surface area contributed by atoms with Gasteiger partial charge in [-0.05, 0) is 48.9 Å². The number of benzene rings is 3. The van der Waals surface area contributed by atoms with Crippen LogP contribution in [0.5, 0.6) is 5.75 Å². The molecule has 1 aliphatic rings. The van der Waals surface area contributed by atoms with Crippen LogP contribution in [-0.2, 0) is 4.79 Å². The molecular weight excluding hydrogens is 388 g/mol. The van der Waals surface area contributed by atoms with E-state index in [0.717, 1.165) is 5.56 Å². The molecule has 2 atom stereocenters. The summed E-state index contributed by atoms with van der Waals surface area (Å²) < 4.78 is 5.22. The molecule has 3 aromatic carbocycles. The highest BCUT2D eigenvalue weighted by atomic mass is 16.5. The van der Waals surface area contributed by atoms with Gasteiger partial charge in [-0.25, -0.2) is 0 Å². The van der Waals surface area contributed by atoms with Gasteiger partial charge in [0.1, 0.15) is 11.3 Å². The molecule has 4 rings (SSSR count). The Kier molecular flexibility index (Phi) is 5.58. The Labute approximate surface area is 182 Å². The van der Waals surface area contributed by atoms with Crippen LogP contribution in [0, 0.1) is 0 Å². The van der Waals surface area contributed by atoms with Crippen LogP contribution in [0.3, 0.4) is 0 Å². The highest BCUT2D eigenvalue weighted by molar-refractivity contribution is 6.07. The predicted octanol–water partition coefficient (Wildman–Crippen LogP) is 4.53. The van der Waals surface area contributed by atoms with Gasteiger partial charge in [0, 0.05) is 23.4 Å². The van der Waals surface area contributed by atoms with Crippen LogP contribution in [0.25, 0.3) is 0 Å². The maximum absolute atomic E-state index is 13.8. The van der Waals surface area contributed by atoms with Crippen LogP contribution in [-0.4, -0.2) is 24.5 Å². The van der Waals surface area contributed by atoms with E-state index in [1.54, 1.807) is 61.5 Å². The van der Waals surface area contributed by atoms with Crippen molar-refractivity contribution in [2.45, 2.75) is 18.4 Å². The Hall–Kier alpha value is -3.86. The molecule has 1 heterocycles. The molecule has 0 bridgehead atoms. The average molecular weight is 412 g/mol. The van der Waals surface area contributed by atoms with Gasteiger partial charge in [0.05, 0.1) is 7.11 Å². The number of methoxy groups -OCH3 is 1. The van der Waals surface area contributed by atoms with Crippen molar-refractivity contribution >= 4 is 17.5 Å². The Morgan fingerprint density at radius 2 is 1.55 bits per heavy atom. The fourth-order valence-corrected chi connectivity index (χ4v) is 3.90. The van der Waals surface area contributed by atoms with Crippen molar-refractivity contribution in [2.75, 3.05) is 12.0 Å². The van der Waals surface area contributed by atoms with Crippen molar-refractivity contribution in [3.8, 4) is 5.75 Å². The lowest BCUT2D eigenvalue weighted by molar-refractivity contribution is -0.124. The highest BCUT2D eigenvalue weighted by Crippen LogP contribution is 2.37. The van der Waals surface area contributed by atoms with Gasteiger partial charge in [-0.15, -0.1) is 0 Å². The number of amides is 2. The number of nitrogens with zero attached hydrogens (tertiary/aromatic N) is 1. The molecule has 0 unspecified atom stereocenters. The van der Waals surface area contributed by atoms with E-state index in [-0.39, 0.29) is 17.7 Å². The van der Waals surface area contributed by atoms with Gasteiger partial charge in [-0.2, -0.15) is 0 Å². The van der Waals surface area contributed by atoms with E-state index < -0.39 is 5.54 Å². The molecular formula is C26H24N2O3. The summed E-state index contributed by atoms with van der Waals surface area (Å²) in [4.78, 5) is 28.4. The monoisotopic (exact) mass is 412 g/mol. The maximum atomic E-state index is 13.8. The summed E-state index contributed by atoms with van der Waals surface area (Å²) >= 11 is 0. The van der Waals surface area contributed by atoms with Crippen molar-refractivity contribution in [1.82, 2.24) is 5.32 Å². The highest BCUT2D eigenvalue weighted by Gasteiger charge is 2.47. The van der Waals surface area contributed by atoms with Crippen LogP contribution >= 0.6 is 0 Å². The lowest BCUT2D eigenvalue weighted by Gasteiger charge is -2.42. The molecule has 2 amide bonds. The standard InChI is InChI=1S/C26H24N2O3/c1-26(27-24(29)20-11-7-4-8-12-20)23(19-9-5-3-6-10-19)17-18-28(25(26)30)21-13-15-22(31-2)16-14-21/h3-18,23H,1-2H3,(H,27,29)/t23-,26-/m1/s1. The normalized spacial score (nSPS) is 20.4. The summed E-state index contributed by atoms with van der Waals surface area (Å²) in [6.45, 7) is 1.79. The van der Waals surface area contributed by atoms with Gasteiger partial charge in [0.25, 0.3) is 11.8 Å². The second kappa shape index (κ2) is 8.48. The van der Waals surface area contributed by atoms with E-state index in [0.29, 0.717) is 17.0 Å². The molecule has 0 fully saturated rings. The molecule has 0 saturated heterocycles. The number of anilines is 1. The zero-order chi connectivity index (χ0) is 21.8. The molecule has 3 aromatic rings. The molecule has 156 valence electrons. The molecule has 0 radical (unpaired) electrons. The average Bonchev–Trinajstić information content (AvgIpc) is 2.82. The Morgan fingerprint density at radius 1 is 0.935 bits per heavy atom. The topological polar surface area (TPSA) is 58.6 Å². The zero-order valence-corrected chi connectivity index (χ0v) is 17.5. The van der Waals surface area contributed by atoms with Crippen LogP contribution in [0.4, 0.5) is 5.69 Å². The van der Waals surface area contributed by atoms with Crippen LogP contribution in [0.1, 0.15) is 28.8 Å². The van der Waals surface area contributed by atoms with Gasteiger partial charge in [0.2, 0.25) is 0 Å². The SMILES string of the molecule is COc1ccc(N2C=C[C@H](c3ccccc3)[C@@](C)(NC(=O)c3ccccc3)C2=O)cc1. The van der Waals surface area contributed by atoms with E-state index in [1.165, 1.54) is 0 Å². The quantitative estimate of drug-likeness (QED) is 0.670. The van der Waals surface area contributed by atoms with Crippen LogP contribution in [0.2, 0.25) is 0 Å². The van der Waals surface area contributed by atoms with E-state index in [9.17, 15) is 9.59 Å². The minimum atomic E-state index is -1.18. The number of ether oxygens (including phenoxy) is 1. The number of nitrogens with one attached hydrogen (secondary N) is 1. The minimum absolute atomic E-state index is 0.210. The minimum Gasteiger partial charge on any atom is -0.497 e. The van der Waals surface area contributed by atoms with Crippen LogP contribution < -0.4 is 15.0 Å². The number of rotatable bonds is 5. The summed E-state index contributed by atoms with van der Waals surface area (Å²) in [5, 5.41) is 3.03. The van der Waals surface area contributed by atoms with E-state index >= 15 is 0 Å². The molecule has 0 aliphatic carbocycles. The summed E-state index contributed by atoms with van der Waals surface area (Å²) in [5.41, 5.74) is 0.989. The fourth-order valence-electron chi connectivity index (χ4n) is 3.90. The number of carbonyl (C=O) groups excluding carboxylic acids is 2. The lowest BCUT2D eigenvalue weighted by atomic mass is 9.77. The van der Waals surface area contributed by atoms with Crippen molar-refractivity contribution in [2.24, 2.45) is 0 Å². The number of hydrogen-bond acceptors (Lipinski definition) is 3. The van der Waals surface area contributed by atoms with Crippen molar-refractivity contribution in [3.63, 3.8) is 0 Å². The smallest absolute Gasteiger partial charge is 0.257 e. The first-order valence-electron chi connectivity index (χ1n) is 10.1. The second-order valence-electron chi connectivity index (χ2n) is 7.63. The third-order valence-corrected chi connectivity index (χ3v) is 5.63. The summed E-state index contributed by atoms with van der Waals surface area (Å²) in [6.07, 6.45) is 3.74. The lowest BCUT2D eigenvalue weighted by Crippen LogP contribution is -2.61. The zero-order valence-electron chi connectivity index (χ0n) is 17.5. The van der Waals surface area contributed by atoms with Crippen molar-refractivity contribution < 1.29 is 14.3 Å². The molecule has 1 aliphatic heterocycles.